The van der Waals surface area contributed by atoms with E-state index in [0.29, 0.717) is 11.1 Å². The van der Waals surface area contributed by atoms with Gasteiger partial charge in [0.15, 0.2) is 5.78 Å². The minimum absolute atomic E-state index is 0.0104. The van der Waals surface area contributed by atoms with Gasteiger partial charge in [-0.2, -0.15) is 0 Å². The zero-order valence-corrected chi connectivity index (χ0v) is 13.0. The SMILES string of the molecule is Cc1ccc(C(=O)c2c3n(c4ccc(O)cc24)CCCN3)cc1. The fourth-order valence-corrected chi connectivity index (χ4v) is 3.28. The highest BCUT2D eigenvalue weighted by Crippen LogP contribution is 2.36. The molecule has 1 aromatic heterocycles. The van der Waals surface area contributed by atoms with Gasteiger partial charge in [0.05, 0.1) is 11.1 Å². The first kappa shape index (κ1) is 13.9. The summed E-state index contributed by atoms with van der Waals surface area (Å²) in [5.41, 5.74) is 3.43. The molecule has 0 saturated heterocycles. The molecule has 0 spiro atoms. The Kier molecular flexibility index (Phi) is 3.11. The number of nitrogens with one attached hydrogen (secondary N) is 1. The summed E-state index contributed by atoms with van der Waals surface area (Å²) in [4.78, 5) is 13.1. The fraction of sp³-hybridized carbons (Fsp3) is 0.211. The first-order valence-corrected chi connectivity index (χ1v) is 7.85. The van der Waals surface area contributed by atoms with Crippen LogP contribution in [0.15, 0.2) is 42.5 Å². The number of nitrogens with zero attached hydrogens (tertiary/aromatic N) is 1. The van der Waals surface area contributed by atoms with Crippen LogP contribution in [0.2, 0.25) is 0 Å². The number of carbonyl (C=O) groups excluding carboxylic acids is 1. The van der Waals surface area contributed by atoms with E-state index in [9.17, 15) is 9.90 Å². The second-order valence-corrected chi connectivity index (χ2v) is 6.05. The fourth-order valence-electron chi connectivity index (χ4n) is 3.28. The Labute approximate surface area is 134 Å². The average Bonchev–Trinajstić information content (AvgIpc) is 2.88. The third kappa shape index (κ3) is 2.18. The lowest BCUT2D eigenvalue weighted by Crippen LogP contribution is -2.18. The summed E-state index contributed by atoms with van der Waals surface area (Å²) in [5, 5.41) is 14.0. The lowest BCUT2D eigenvalue weighted by molar-refractivity contribution is 0.104. The maximum atomic E-state index is 13.1. The van der Waals surface area contributed by atoms with Gasteiger partial charge in [0.25, 0.3) is 0 Å². The number of rotatable bonds is 2. The number of phenolic OH excluding ortho intramolecular Hbond substituents is 1. The molecule has 1 aliphatic rings. The summed E-state index contributed by atoms with van der Waals surface area (Å²) in [7, 11) is 0. The average molecular weight is 306 g/mol. The number of ketones is 1. The Bertz CT molecular complexity index is 907. The van der Waals surface area contributed by atoms with Crippen LogP contribution in [0.4, 0.5) is 5.82 Å². The maximum Gasteiger partial charge on any atom is 0.197 e. The van der Waals surface area contributed by atoms with E-state index < -0.39 is 0 Å². The van der Waals surface area contributed by atoms with E-state index in [2.05, 4.69) is 9.88 Å². The van der Waals surface area contributed by atoms with Crippen LogP contribution < -0.4 is 5.32 Å². The molecule has 0 saturated carbocycles. The first-order valence-electron chi connectivity index (χ1n) is 7.85. The standard InChI is InChI=1S/C19H18N2O2/c1-12-3-5-13(6-4-12)18(23)17-15-11-14(22)7-8-16(15)21-10-2-9-20-19(17)21/h3-8,11,20,22H,2,9-10H2,1H3. The van der Waals surface area contributed by atoms with Crippen molar-refractivity contribution >= 4 is 22.5 Å². The molecule has 116 valence electrons. The molecule has 4 heteroatoms. The molecule has 4 rings (SSSR count). The Morgan fingerprint density at radius 2 is 1.96 bits per heavy atom. The van der Waals surface area contributed by atoms with Crippen LogP contribution in [0.3, 0.4) is 0 Å². The molecule has 0 fully saturated rings. The van der Waals surface area contributed by atoms with E-state index in [0.717, 1.165) is 41.8 Å². The van der Waals surface area contributed by atoms with Gasteiger partial charge >= 0.3 is 0 Å². The Morgan fingerprint density at radius 3 is 2.74 bits per heavy atom. The molecule has 23 heavy (non-hydrogen) atoms. The predicted molar refractivity (Wildman–Crippen MR) is 91.3 cm³/mol. The van der Waals surface area contributed by atoms with Crippen LogP contribution in [0.1, 0.15) is 27.9 Å². The van der Waals surface area contributed by atoms with Crippen molar-refractivity contribution < 1.29 is 9.90 Å². The monoisotopic (exact) mass is 306 g/mol. The topological polar surface area (TPSA) is 54.3 Å². The van der Waals surface area contributed by atoms with Crippen molar-refractivity contribution in [1.29, 1.82) is 0 Å². The molecule has 2 heterocycles. The summed E-state index contributed by atoms with van der Waals surface area (Å²) in [6, 6.07) is 12.9. The van der Waals surface area contributed by atoms with Crippen molar-refractivity contribution in [2.75, 3.05) is 11.9 Å². The third-order valence-electron chi connectivity index (χ3n) is 4.44. The largest absolute Gasteiger partial charge is 0.508 e. The number of aryl methyl sites for hydroxylation is 2. The molecule has 0 atom stereocenters. The van der Waals surface area contributed by atoms with Crippen molar-refractivity contribution in [2.24, 2.45) is 0 Å². The first-order chi connectivity index (χ1) is 11.1. The second-order valence-electron chi connectivity index (χ2n) is 6.05. The minimum Gasteiger partial charge on any atom is -0.508 e. The molecular weight excluding hydrogens is 288 g/mol. The van der Waals surface area contributed by atoms with Crippen LogP contribution in [0.5, 0.6) is 5.75 Å². The Balaban J connectivity index is 1.96. The lowest BCUT2D eigenvalue weighted by Gasteiger charge is -2.19. The van der Waals surface area contributed by atoms with Gasteiger partial charge in [-0.25, -0.2) is 0 Å². The predicted octanol–water partition coefficient (Wildman–Crippen LogP) is 3.70. The van der Waals surface area contributed by atoms with E-state index in [4.69, 9.17) is 0 Å². The van der Waals surface area contributed by atoms with Crippen LogP contribution in [-0.4, -0.2) is 22.0 Å². The number of carbonyl (C=O) groups is 1. The van der Waals surface area contributed by atoms with Crippen molar-refractivity contribution in [1.82, 2.24) is 4.57 Å². The molecule has 0 aliphatic carbocycles. The molecule has 2 aromatic carbocycles. The molecule has 3 aromatic rings. The number of phenols is 1. The van der Waals surface area contributed by atoms with Crippen molar-refractivity contribution in [3.8, 4) is 5.75 Å². The van der Waals surface area contributed by atoms with Crippen molar-refractivity contribution in [3.05, 3.63) is 59.2 Å². The molecule has 0 amide bonds. The summed E-state index contributed by atoms with van der Waals surface area (Å²) < 4.78 is 2.14. The quantitative estimate of drug-likeness (QED) is 0.710. The second kappa shape index (κ2) is 5.16. The number of hydrogen-bond donors (Lipinski definition) is 2. The number of hydrogen-bond acceptors (Lipinski definition) is 3. The van der Waals surface area contributed by atoms with Crippen LogP contribution >= 0.6 is 0 Å². The van der Waals surface area contributed by atoms with Crippen molar-refractivity contribution in [2.45, 2.75) is 19.9 Å². The molecular formula is C19H18N2O2. The van der Waals surface area contributed by atoms with E-state index in [1.165, 1.54) is 0 Å². The van der Waals surface area contributed by atoms with E-state index in [1.807, 2.05) is 37.3 Å². The number of aromatic hydroxyl groups is 1. The highest BCUT2D eigenvalue weighted by atomic mass is 16.3. The molecule has 0 unspecified atom stereocenters. The number of fused-ring (bicyclic) bond motifs is 3. The van der Waals surface area contributed by atoms with Gasteiger partial charge in [-0.15, -0.1) is 0 Å². The molecule has 0 radical (unpaired) electrons. The summed E-state index contributed by atoms with van der Waals surface area (Å²) in [6.07, 6.45) is 1.02. The van der Waals surface area contributed by atoms with Crippen LogP contribution in [0, 0.1) is 6.92 Å². The molecule has 2 N–H and O–H groups in total. The van der Waals surface area contributed by atoms with Gasteiger partial charge in [0, 0.05) is 24.0 Å². The van der Waals surface area contributed by atoms with Gasteiger partial charge in [-0.05, 0) is 31.5 Å². The summed E-state index contributed by atoms with van der Waals surface area (Å²) >= 11 is 0. The van der Waals surface area contributed by atoms with E-state index in [1.54, 1.807) is 12.1 Å². The normalized spacial score (nSPS) is 13.6. The molecule has 0 bridgehead atoms. The number of anilines is 1. The van der Waals surface area contributed by atoms with Crippen LogP contribution in [-0.2, 0) is 6.54 Å². The van der Waals surface area contributed by atoms with Crippen molar-refractivity contribution in [3.63, 3.8) is 0 Å². The lowest BCUT2D eigenvalue weighted by atomic mass is 10.0. The molecule has 4 nitrogen and oxygen atoms in total. The van der Waals surface area contributed by atoms with Gasteiger partial charge in [0.2, 0.25) is 0 Å². The Hall–Kier alpha value is -2.75. The third-order valence-corrected chi connectivity index (χ3v) is 4.44. The maximum absolute atomic E-state index is 13.1. The van der Waals surface area contributed by atoms with Gasteiger partial charge < -0.3 is 15.0 Å². The zero-order chi connectivity index (χ0) is 16.0. The molecule has 1 aliphatic heterocycles. The van der Waals surface area contributed by atoms with Gasteiger partial charge in [-0.1, -0.05) is 29.8 Å². The number of aromatic nitrogens is 1. The smallest absolute Gasteiger partial charge is 0.197 e. The highest BCUT2D eigenvalue weighted by Gasteiger charge is 2.25. The van der Waals surface area contributed by atoms with Gasteiger partial charge in [-0.3, -0.25) is 4.79 Å². The number of benzene rings is 2. The van der Waals surface area contributed by atoms with E-state index >= 15 is 0 Å². The van der Waals surface area contributed by atoms with E-state index in [-0.39, 0.29) is 11.5 Å². The van der Waals surface area contributed by atoms with Gasteiger partial charge in [0.1, 0.15) is 11.6 Å². The zero-order valence-electron chi connectivity index (χ0n) is 13.0. The Morgan fingerprint density at radius 1 is 1.17 bits per heavy atom. The van der Waals surface area contributed by atoms with Crippen LogP contribution in [0.25, 0.3) is 10.9 Å². The summed E-state index contributed by atoms with van der Waals surface area (Å²) in [5.74, 6) is 1.03. The minimum atomic E-state index is -0.0104. The summed E-state index contributed by atoms with van der Waals surface area (Å²) in [6.45, 7) is 3.74. The highest BCUT2D eigenvalue weighted by molar-refractivity contribution is 6.20.